The molecule has 0 bridgehead atoms. The predicted molar refractivity (Wildman–Crippen MR) is 61.9 cm³/mol. The van der Waals surface area contributed by atoms with Crippen molar-refractivity contribution in [3.05, 3.63) is 29.8 Å². The van der Waals surface area contributed by atoms with E-state index in [1.54, 1.807) is 0 Å². The Morgan fingerprint density at radius 3 is 2.93 bits per heavy atom. The molecule has 2 rings (SSSR count). The lowest BCUT2D eigenvalue weighted by molar-refractivity contribution is 0.302. The van der Waals surface area contributed by atoms with Gasteiger partial charge in [-0.1, -0.05) is 25.0 Å². The van der Waals surface area contributed by atoms with Crippen molar-refractivity contribution in [1.82, 2.24) is 0 Å². The van der Waals surface area contributed by atoms with Crippen LogP contribution in [0.2, 0.25) is 0 Å². The Morgan fingerprint density at radius 2 is 2.27 bits per heavy atom. The first-order valence-corrected chi connectivity index (χ1v) is 5.74. The van der Waals surface area contributed by atoms with Crippen LogP contribution >= 0.6 is 0 Å². The SMILES string of the molecule is C[C@H](N)c1cccc(OCCC2CC2)c1. The minimum Gasteiger partial charge on any atom is -0.494 e. The molecule has 1 aliphatic rings. The fourth-order valence-electron chi connectivity index (χ4n) is 1.64. The normalized spacial score (nSPS) is 17.5. The second kappa shape index (κ2) is 4.67. The number of hydrogen-bond donors (Lipinski definition) is 1. The van der Waals surface area contributed by atoms with Crippen molar-refractivity contribution in [2.75, 3.05) is 6.61 Å². The molecule has 2 nitrogen and oxygen atoms in total. The molecule has 1 atom stereocenters. The highest BCUT2D eigenvalue weighted by Crippen LogP contribution is 2.32. The second-order valence-electron chi connectivity index (χ2n) is 4.44. The number of benzene rings is 1. The lowest BCUT2D eigenvalue weighted by Gasteiger charge is -2.09. The Labute approximate surface area is 91.4 Å². The van der Waals surface area contributed by atoms with Gasteiger partial charge in [-0.3, -0.25) is 0 Å². The van der Waals surface area contributed by atoms with Crippen molar-refractivity contribution < 1.29 is 4.74 Å². The summed E-state index contributed by atoms with van der Waals surface area (Å²) >= 11 is 0. The van der Waals surface area contributed by atoms with E-state index in [2.05, 4.69) is 0 Å². The van der Waals surface area contributed by atoms with Crippen molar-refractivity contribution in [3.8, 4) is 5.75 Å². The van der Waals surface area contributed by atoms with Gasteiger partial charge in [0.2, 0.25) is 0 Å². The van der Waals surface area contributed by atoms with E-state index < -0.39 is 0 Å². The lowest BCUT2D eigenvalue weighted by Crippen LogP contribution is -2.05. The van der Waals surface area contributed by atoms with Crippen LogP contribution < -0.4 is 10.5 Å². The monoisotopic (exact) mass is 205 g/mol. The number of hydrogen-bond acceptors (Lipinski definition) is 2. The maximum atomic E-state index is 5.81. The van der Waals surface area contributed by atoms with Crippen LogP contribution in [0.1, 0.15) is 37.8 Å². The summed E-state index contributed by atoms with van der Waals surface area (Å²) < 4.78 is 5.69. The highest BCUT2D eigenvalue weighted by Gasteiger charge is 2.20. The van der Waals surface area contributed by atoms with E-state index in [1.165, 1.54) is 19.3 Å². The van der Waals surface area contributed by atoms with E-state index in [1.807, 2.05) is 31.2 Å². The molecule has 1 aromatic carbocycles. The highest BCUT2D eigenvalue weighted by molar-refractivity contribution is 5.30. The van der Waals surface area contributed by atoms with Crippen LogP contribution in [0.4, 0.5) is 0 Å². The molecule has 1 aliphatic carbocycles. The smallest absolute Gasteiger partial charge is 0.119 e. The Kier molecular flexibility index (Phi) is 3.27. The van der Waals surface area contributed by atoms with Gasteiger partial charge in [0.25, 0.3) is 0 Å². The molecule has 2 heteroatoms. The van der Waals surface area contributed by atoms with E-state index in [4.69, 9.17) is 10.5 Å². The van der Waals surface area contributed by atoms with Crippen LogP contribution in [0.5, 0.6) is 5.75 Å². The summed E-state index contributed by atoms with van der Waals surface area (Å²) in [5.41, 5.74) is 6.95. The van der Waals surface area contributed by atoms with E-state index in [0.29, 0.717) is 0 Å². The van der Waals surface area contributed by atoms with E-state index in [0.717, 1.165) is 23.8 Å². The van der Waals surface area contributed by atoms with Crippen LogP contribution in [0, 0.1) is 5.92 Å². The summed E-state index contributed by atoms with van der Waals surface area (Å²) in [5.74, 6) is 1.88. The van der Waals surface area contributed by atoms with E-state index in [9.17, 15) is 0 Å². The summed E-state index contributed by atoms with van der Waals surface area (Å²) in [5, 5.41) is 0. The van der Waals surface area contributed by atoms with Crippen LogP contribution in [0.15, 0.2) is 24.3 Å². The molecule has 1 fully saturated rings. The van der Waals surface area contributed by atoms with Gasteiger partial charge in [0.05, 0.1) is 6.61 Å². The largest absolute Gasteiger partial charge is 0.494 e. The van der Waals surface area contributed by atoms with Crippen LogP contribution in [-0.4, -0.2) is 6.61 Å². The standard InChI is InChI=1S/C13H19NO/c1-10(14)12-3-2-4-13(9-12)15-8-7-11-5-6-11/h2-4,9-11H,5-8,14H2,1H3/t10-/m0/s1. The van der Waals surface area contributed by atoms with Gasteiger partial charge in [0.1, 0.15) is 5.75 Å². The molecule has 0 unspecified atom stereocenters. The van der Waals surface area contributed by atoms with Crippen molar-refractivity contribution >= 4 is 0 Å². The van der Waals surface area contributed by atoms with Crippen molar-refractivity contribution in [2.45, 2.75) is 32.2 Å². The molecule has 15 heavy (non-hydrogen) atoms. The first-order valence-electron chi connectivity index (χ1n) is 5.74. The average Bonchev–Trinajstić information content (AvgIpc) is 3.02. The van der Waals surface area contributed by atoms with Crippen LogP contribution in [0.25, 0.3) is 0 Å². The Morgan fingerprint density at radius 1 is 1.47 bits per heavy atom. The van der Waals surface area contributed by atoms with Gasteiger partial charge in [0, 0.05) is 6.04 Å². The average molecular weight is 205 g/mol. The molecule has 1 saturated carbocycles. The molecular formula is C13H19NO. The third-order valence-corrected chi connectivity index (χ3v) is 2.88. The third kappa shape index (κ3) is 3.24. The first kappa shape index (κ1) is 10.5. The quantitative estimate of drug-likeness (QED) is 0.802. The highest BCUT2D eigenvalue weighted by atomic mass is 16.5. The van der Waals surface area contributed by atoms with Crippen molar-refractivity contribution in [1.29, 1.82) is 0 Å². The van der Waals surface area contributed by atoms with Gasteiger partial charge in [-0.2, -0.15) is 0 Å². The van der Waals surface area contributed by atoms with Gasteiger partial charge in [0.15, 0.2) is 0 Å². The Balaban J connectivity index is 1.86. The van der Waals surface area contributed by atoms with E-state index >= 15 is 0 Å². The molecule has 82 valence electrons. The van der Waals surface area contributed by atoms with Gasteiger partial charge < -0.3 is 10.5 Å². The summed E-state index contributed by atoms with van der Waals surface area (Å²) in [6, 6.07) is 8.16. The lowest BCUT2D eigenvalue weighted by atomic mass is 10.1. The molecule has 0 spiro atoms. The zero-order valence-corrected chi connectivity index (χ0v) is 9.28. The number of rotatable bonds is 5. The molecule has 0 radical (unpaired) electrons. The van der Waals surface area contributed by atoms with Gasteiger partial charge in [-0.15, -0.1) is 0 Å². The molecular weight excluding hydrogens is 186 g/mol. The van der Waals surface area contributed by atoms with E-state index in [-0.39, 0.29) is 6.04 Å². The van der Waals surface area contributed by atoms with Crippen molar-refractivity contribution in [2.24, 2.45) is 11.7 Å². The third-order valence-electron chi connectivity index (χ3n) is 2.88. The van der Waals surface area contributed by atoms with Crippen LogP contribution in [0.3, 0.4) is 0 Å². The van der Waals surface area contributed by atoms with Gasteiger partial charge >= 0.3 is 0 Å². The first-order chi connectivity index (χ1) is 7.25. The zero-order chi connectivity index (χ0) is 10.7. The van der Waals surface area contributed by atoms with Crippen molar-refractivity contribution in [3.63, 3.8) is 0 Å². The Bertz CT molecular complexity index is 318. The molecule has 0 amide bonds. The molecule has 0 aliphatic heterocycles. The molecule has 0 aromatic heterocycles. The summed E-state index contributed by atoms with van der Waals surface area (Å²) in [4.78, 5) is 0. The minimum absolute atomic E-state index is 0.0805. The molecule has 1 aromatic rings. The molecule has 0 saturated heterocycles. The number of nitrogens with two attached hydrogens (primary N) is 1. The topological polar surface area (TPSA) is 35.2 Å². The van der Waals surface area contributed by atoms with Crippen LogP contribution in [-0.2, 0) is 0 Å². The maximum Gasteiger partial charge on any atom is 0.119 e. The fraction of sp³-hybridized carbons (Fsp3) is 0.538. The fourth-order valence-corrected chi connectivity index (χ4v) is 1.64. The molecule has 2 N–H and O–H groups in total. The van der Waals surface area contributed by atoms with Gasteiger partial charge in [-0.05, 0) is 37.0 Å². The summed E-state index contributed by atoms with van der Waals surface area (Å²) in [6.07, 6.45) is 3.98. The predicted octanol–water partition coefficient (Wildman–Crippen LogP) is 2.89. The summed E-state index contributed by atoms with van der Waals surface area (Å²) in [7, 11) is 0. The van der Waals surface area contributed by atoms with Gasteiger partial charge in [-0.25, -0.2) is 0 Å². The minimum atomic E-state index is 0.0805. The Hall–Kier alpha value is -1.02. The molecule has 0 heterocycles. The maximum absolute atomic E-state index is 5.81. The number of ether oxygens (including phenoxy) is 1. The second-order valence-corrected chi connectivity index (χ2v) is 4.44. The zero-order valence-electron chi connectivity index (χ0n) is 9.28. The summed E-state index contributed by atoms with van der Waals surface area (Å²) in [6.45, 7) is 2.83.